The highest BCUT2D eigenvalue weighted by Crippen LogP contribution is 2.34. The fourth-order valence-corrected chi connectivity index (χ4v) is 5.45. The van der Waals surface area contributed by atoms with E-state index in [2.05, 4.69) is 34.2 Å². The van der Waals surface area contributed by atoms with Crippen molar-refractivity contribution >= 4 is 34.6 Å². The standard InChI is InChI=1S/C31H29F3N6O2S/c1-19(2)25-12-7-20(3)15-26(25)40-27(17-43-30(40)42)37-29(41)35-14-13-21-5-4-6-22(16-21)28-36-18-39(38-28)24-10-8-23(9-11-24)31(32,33)34/h4-12,15-16,18-19H,13-14,17H2,1-3H3,(H,35,41). The van der Waals surface area contributed by atoms with E-state index in [1.54, 1.807) is 0 Å². The number of amides is 3. The molecule has 0 saturated carbocycles. The maximum absolute atomic E-state index is 12.9. The summed E-state index contributed by atoms with van der Waals surface area (Å²) in [5.41, 5.74) is 4.14. The van der Waals surface area contributed by atoms with E-state index >= 15 is 0 Å². The van der Waals surface area contributed by atoms with E-state index in [0.717, 1.165) is 51.8 Å². The molecular weight excluding hydrogens is 577 g/mol. The summed E-state index contributed by atoms with van der Waals surface area (Å²) >= 11 is 1.12. The molecule has 0 radical (unpaired) electrons. The number of carbonyl (C=O) groups is 2. The highest BCUT2D eigenvalue weighted by Gasteiger charge is 2.32. The predicted octanol–water partition coefficient (Wildman–Crippen LogP) is 7.41. The second-order valence-electron chi connectivity index (χ2n) is 10.4. The molecule has 1 aliphatic rings. The van der Waals surface area contributed by atoms with Crippen LogP contribution in [0.15, 0.2) is 78.0 Å². The van der Waals surface area contributed by atoms with Gasteiger partial charge in [-0.3, -0.25) is 9.69 Å². The first-order valence-corrected chi connectivity index (χ1v) is 14.6. The van der Waals surface area contributed by atoms with Crippen LogP contribution in [0, 0.1) is 6.92 Å². The summed E-state index contributed by atoms with van der Waals surface area (Å²) in [6.07, 6.45) is -2.45. The molecule has 0 unspecified atom stereocenters. The molecule has 5 rings (SSSR count). The van der Waals surface area contributed by atoms with Crippen molar-refractivity contribution in [1.29, 1.82) is 0 Å². The third kappa shape index (κ3) is 6.96. The normalized spacial score (nSPS) is 14.6. The molecular formula is C31H29F3N6O2S. The van der Waals surface area contributed by atoms with Crippen molar-refractivity contribution in [3.8, 4) is 17.1 Å². The van der Waals surface area contributed by atoms with Crippen LogP contribution in [-0.2, 0) is 12.6 Å². The number of benzene rings is 3. The molecule has 1 N–H and O–H groups in total. The molecule has 3 amide bonds. The Balaban J connectivity index is 1.22. The number of anilines is 1. The minimum atomic E-state index is -4.41. The summed E-state index contributed by atoms with van der Waals surface area (Å²) < 4.78 is 40.0. The average molecular weight is 607 g/mol. The van der Waals surface area contributed by atoms with E-state index in [-0.39, 0.29) is 11.2 Å². The molecule has 1 fully saturated rings. The molecule has 8 nitrogen and oxygen atoms in total. The van der Waals surface area contributed by atoms with Gasteiger partial charge in [0.1, 0.15) is 12.2 Å². The lowest BCUT2D eigenvalue weighted by Gasteiger charge is -2.22. The van der Waals surface area contributed by atoms with Crippen molar-refractivity contribution in [3.63, 3.8) is 0 Å². The molecule has 2 heterocycles. The van der Waals surface area contributed by atoms with Crippen LogP contribution in [0.3, 0.4) is 0 Å². The Labute approximate surface area is 251 Å². The number of carbonyl (C=O) groups excluding carboxylic acids is 2. The Bertz CT molecular complexity index is 1680. The van der Waals surface area contributed by atoms with Crippen LogP contribution in [-0.4, -0.2) is 44.2 Å². The van der Waals surface area contributed by atoms with Gasteiger partial charge in [0.05, 0.1) is 22.7 Å². The number of thioether (sulfide) groups is 1. The molecule has 0 atom stereocenters. The smallest absolute Gasteiger partial charge is 0.336 e. The van der Waals surface area contributed by atoms with Crippen LogP contribution in [0.5, 0.6) is 0 Å². The molecule has 12 heteroatoms. The third-order valence-electron chi connectivity index (χ3n) is 6.87. The van der Waals surface area contributed by atoms with Crippen LogP contribution in [0.2, 0.25) is 0 Å². The summed E-state index contributed by atoms with van der Waals surface area (Å²) in [4.78, 5) is 35.6. The molecule has 0 bridgehead atoms. The molecule has 43 heavy (non-hydrogen) atoms. The van der Waals surface area contributed by atoms with E-state index in [1.165, 1.54) is 28.0 Å². The molecule has 1 aromatic heterocycles. The summed E-state index contributed by atoms with van der Waals surface area (Å²) in [5.74, 6) is 1.31. The van der Waals surface area contributed by atoms with E-state index in [1.807, 2.05) is 49.4 Å². The lowest BCUT2D eigenvalue weighted by molar-refractivity contribution is -0.137. The van der Waals surface area contributed by atoms with Crippen molar-refractivity contribution in [2.75, 3.05) is 17.2 Å². The highest BCUT2D eigenvalue weighted by atomic mass is 32.2. The van der Waals surface area contributed by atoms with Gasteiger partial charge in [-0.2, -0.15) is 18.2 Å². The molecule has 1 saturated heterocycles. The topological polar surface area (TPSA) is 92.5 Å². The highest BCUT2D eigenvalue weighted by molar-refractivity contribution is 8.15. The van der Waals surface area contributed by atoms with E-state index in [9.17, 15) is 22.8 Å². The number of aryl methyl sites for hydroxylation is 1. The number of halogens is 3. The number of nitrogens with one attached hydrogen (secondary N) is 1. The number of hydrogen-bond acceptors (Lipinski definition) is 5. The lowest BCUT2D eigenvalue weighted by Crippen LogP contribution is -2.32. The Kier molecular flexibility index (Phi) is 8.67. The maximum atomic E-state index is 12.9. The maximum Gasteiger partial charge on any atom is 0.416 e. The first-order chi connectivity index (χ1) is 20.5. The molecule has 0 spiro atoms. The average Bonchev–Trinajstić information content (AvgIpc) is 3.60. The Morgan fingerprint density at radius 3 is 2.58 bits per heavy atom. The van der Waals surface area contributed by atoms with E-state index in [4.69, 9.17) is 0 Å². The fraction of sp³-hybridized carbons (Fsp3) is 0.258. The molecule has 1 aliphatic heterocycles. The van der Waals surface area contributed by atoms with Gasteiger partial charge in [-0.25, -0.2) is 14.5 Å². The van der Waals surface area contributed by atoms with Gasteiger partial charge in [-0.1, -0.05) is 55.9 Å². The molecule has 0 aliphatic carbocycles. The van der Waals surface area contributed by atoms with Gasteiger partial charge in [0.25, 0.3) is 5.24 Å². The van der Waals surface area contributed by atoms with E-state index in [0.29, 0.717) is 36.1 Å². The van der Waals surface area contributed by atoms with Crippen molar-refractivity contribution < 1.29 is 22.8 Å². The SMILES string of the molecule is Cc1ccc(C(C)C)c(N2C(=O)SCC2=NC(=O)NCCc2cccc(-c3ncn(-c4ccc(C(F)(F)F)cc4)n3)c2)c1. The second kappa shape index (κ2) is 12.4. The van der Waals surface area contributed by atoms with Crippen LogP contribution < -0.4 is 10.2 Å². The van der Waals surface area contributed by atoms with Gasteiger partial charge in [0.2, 0.25) is 0 Å². The zero-order chi connectivity index (χ0) is 30.7. The quantitative estimate of drug-likeness (QED) is 0.237. The lowest BCUT2D eigenvalue weighted by atomic mass is 9.99. The molecule has 222 valence electrons. The Hall–Kier alpha value is -4.45. The van der Waals surface area contributed by atoms with Crippen LogP contribution in [0.25, 0.3) is 17.1 Å². The second-order valence-corrected chi connectivity index (χ2v) is 11.3. The van der Waals surface area contributed by atoms with Crippen LogP contribution in [0.4, 0.5) is 28.4 Å². The van der Waals surface area contributed by atoms with E-state index < -0.39 is 17.8 Å². The first-order valence-electron chi connectivity index (χ1n) is 13.6. The minimum Gasteiger partial charge on any atom is -0.336 e. The number of hydrogen-bond donors (Lipinski definition) is 1. The zero-order valence-electron chi connectivity index (χ0n) is 23.7. The number of aliphatic imine (C=N–C) groups is 1. The number of alkyl halides is 3. The minimum absolute atomic E-state index is 0.162. The predicted molar refractivity (Wildman–Crippen MR) is 162 cm³/mol. The van der Waals surface area contributed by atoms with Gasteiger partial charge < -0.3 is 5.32 Å². The zero-order valence-corrected chi connectivity index (χ0v) is 24.5. The van der Waals surface area contributed by atoms with Crippen LogP contribution in [0.1, 0.15) is 42.0 Å². The van der Waals surface area contributed by atoms with Crippen molar-refractivity contribution in [2.45, 2.75) is 39.3 Å². The number of urea groups is 1. The Morgan fingerprint density at radius 1 is 1.09 bits per heavy atom. The van der Waals surface area contributed by atoms with Crippen LogP contribution >= 0.6 is 11.8 Å². The van der Waals surface area contributed by atoms with Gasteiger partial charge in [-0.05, 0) is 72.4 Å². The fourth-order valence-electron chi connectivity index (χ4n) is 4.68. The van der Waals surface area contributed by atoms with Gasteiger partial charge in [-0.15, -0.1) is 5.10 Å². The summed E-state index contributed by atoms with van der Waals surface area (Å²) in [5, 5.41) is 7.06. The van der Waals surface area contributed by atoms with Crippen molar-refractivity contribution in [2.24, 2.45) is 4.99 Å². The third-order valence-corrected chi connectivity index (χ3v) is 7.70. The van der Waals surface area contributed by atoms with Crippen molar-refractivity contribution in [3.05, 3.63) is 95.3 Å². The summed E-state index contributed by atoms with van der Waals surface area (Å²) in [6.45, 7) is 6.39. The number of aromatic nitrogens is 3. The molecule has 3 aromatic carbocycles. The monoisotopic (exact) mass is 606 g/mol. The summed E-state index contributed by atoms with van der Waals surface area (Å²) in [6, 6.07) is 17.6. The molecule has 4 aromatic rings. The first kappa shape index (κ1) is 30.0. The summed E-state index contributed by atoms with van der Waals surface area (Å²) in [7, 11) is 0. The number of amidine groups is 1. The van der Waals surface area contributed by atoms with Gasteiger partial charge in [0.15, 0.2) is 5.82 Å². The Morgan fingerprint density at radius 2 is 1.86 bits per heavy atom. The largest absolute Gasteiger partial charge is 0.416 e. The number of nitrogens with zero attached hydrogens (tertiary/aromatic N) is 5. The van der Waals surface area contributed by atoms with Gasteiger partial charge in [0, 0.05) is 12.1 Å². The number of rotatable bonds is 7. The van der Waals surface area contributed by atoms with Crippen molar-refractivity contribution in [1.82, 2.24) is 20.1 Å². The van der Waals surface area contributed by atoms with Gasteiger partial charge >= 0.3 is 12.2 Å².